The summed E-state index contributed by atoms with van der Waals surface area (Å²) in [6, 6.07) is 12.7. The number of ether oxygens (including phenoxy) is 2. The summed E-state index contributed by atoms with van der Waals surface area (Å²) in [5.74, 6) is 1.53. The molecule has 0 N–H and O–H groups in total. The third kappa shape index (κ3) is 4.09. The smallest absolute Gasteiger partial charge is 0.289 e. The number of methoxy groups -OCH3 is 1. The van der Waals surface area contributed by atoms with Crippen LogP contribution in [0.15, 0.2) is 57.7 Å². The SMILES string of the molecule is COc1ccc(-c2cc(CN(C[C@H]3CCCO3)C(=O)c3ccco3)no2)cc1. The van der Waals surface area contributed by atoms with Gasteiger partial charge >= 0.3 is 0 Å². The molecule has 1 fully saturated rings. The summed E-state index contributed by atoms with van der Waals surface area (Å²) in [5.41, 5.74) is 1.56. The highest BCUT2D eigenvalue weighted by molar-refractivity contribution is 5.91. The van der Waals surface area contributed by atoms with E-state index in [9.17, 15) is 4.79 Å². The van der Waals surface area contributed by atoms with Gasteiger partial charge in [0.1, 0.15) is 11.4 Å². The van der Waals surface area contributed by atoms with E-state index < -0.39 is 0 Å². The van der Waals surface area contributed by atoms with Crippen LogP contribution >= 0.6 is 0 Å². The fourth-order valence-electron chi connectivity index (χ4n) is 3.28. The lowest BCUT2D eigenvalue weighted by atomic mass is 10.1. The Morgan fingerprint density at radius 2 is 2.14 bits per heavy atom. The number of carbonyl (C=O) groups excluding carboxylic acids is 1. The lowest BCUT2D eigenvalue weighted by Crippen LogP contribution is -2.36. The number of benzene rings is 1. The molecule has 3 aromatic rings. The first-order valence-corrected chi connectivity index (χ1v) is 9.27. The summed E-state index contributed by atoms with van der Waals surface area (Å²) >= 11 is 0. The van der Waals surface area contributed by atoms with Gasteiger partial charge in [-0.25, -0.2) is 0 Å². The molecule has 3 heterocycles. The van der Waals surface area contributed by atoms with Crippen LogP contribution in [0.5, 0.6) is 5.75 Å². The zero-order chi connectivity index (χ0) is 19.3. The van der Waals surface area contributed by atoms with Crippen molar-refractivity contribution in [3.63, 3.8) is 0 Å². The molecule has 28 heavy (non-hydrogen) atoms. The summed E-state index contributed by atoms with van der Waals surface area (Å²) in [5, 5.41) is 4.14. The molecule has 146 valence electrons. The van der Waals surface area contributed by atoms with E-state index in [0.717, 1.165) is 30.8 Å². The van der Waals surface area contributed by atoms with Gasteiger partial charge in [0.05, 0.1) is 26.0 Å². The van der Waals surface area contributed by atoms with Gasteiger partial charge in [0.15, 0.2) is 11.5 Å². The molecular formula is C21H22N2O5. The minimum absolute atomic E-state index is 0.0341. The molecule has 0 spiro atoms. The second-order valence-electron chi connectivity index (χ2n) is 6.71. The highest BCUT2D eigenvalue weighted by Crippen LogP contribution is 2.24. The summed E-state index contributed by atoms with van der Waals surface area (Å²) in [4.78, 5) is 14.5. The standard InChI is InChI=1S/C21H22N2O5/c1-25-17-8-6-15(7-9-17)20-12-16(22-28-20)13-23(14-18-4-2-10-26-18)21(24)19-5-3-11-27-19/h3,5-9,11-12,18H,2,4,10,13-14H2,1H3/t18-/m1/s1. The largest absolute Gasteiger partial charge is 0.497 e. The Morgan fingerprint density at radius 1 is 1.29 bits per heavy atom. The summed E-state index contributed by atoms with van der Waals surface area (Å²) < 4.78 is 21.7. The number of amides is 1. The van der Waals surface area contributed by atoms with Gasteiger partial charge in [-0.15, -0.1) is 0 Å². The van der Waals surface area contributed by atoms with Crippen LogP contribution in [-0.4, -0.2) is 42.3 Å². The van der Waals surface area contributed by atoms with Gasteiger partial charge in [0, 0.05) is 24.8 Å². The van der Waals surface area contributed by atoms with Crippen molar-refractivity contribution in [1.82, 2.24) is 10.1 Å². The molecule has 7 heteroatoms. The van der Waals surface area contributed by atoms with E-state index in [1.54, 1.807) is 24.1 Å². The zero-order valence-electron chi connectivity index (χ0n) is 15.7. The number of aromatic nitrogens is 1. The van der Waals surface area contributed by atoms with Crippen molar-refractivity contribution < 1.29 is 23.2 Å². The van der Waals surface area contributed by atoms with Crippen LogP contribution in [0, 0.1) is 0 Å². The fourth-order valence-corrected chi connectivity index (χ4v) is 3.28. The van der Waals surface area contributed by atoms with Crippen LogP contribution in [0.1, 0.15) is 29.1 Å². The van der Waals surface area contributed by atoms with Gasteiger partial charge in [-0.05, 0) is 49.2 Å². The molecule has 0 saturated carbocycles. The molecule has 0 aliphatic carbocycles. The van der Waals surface area contributed by atoms with E-state index in [1.807, 2.05) is 30.3 Å². The Labute approximate surface area is 162 Å². The second kappa shape index (κ2) is 8.31. The molecule has 1 aromatic carbocycles. The quantitative estimate of drug-likeness (QED) is 0.619. The molecule has 1 aliphatic heterocycles. The normalized spacial score (nSPS) is 16.2. The second-order valence-corrected chi connectivity index (χ2v) is 6.71. The maximum absolute atomic E-state index is 12.8. The molecule has 4 rings (SSSR count). The van der Waals surface area contributed by atoms with E-state index in [0.29, 0.717) is 30.3 Å². The monoisotopic (exact) mass is 382 g/mol. The molecule has 0 bridgehead atoms. The number of carbonyl (C=O) groups is 1. The van der Waals surface area contributed by atoms with Gasteiger partial charge in [0.25, 0.3) is 5.91 Å². The predicted molar refractivity (Wildman–Crippen MR) is 101 cm³/mol. The van der Waals surface area contributed by atoms with Crippen LogP contribution in [0.3, 0.4) is 0 Å². The molecular weight excluding hydrogens is 360 g/mol. The van der Waals surface area contributed by atoms with Crippen molar-refractivity contribution in [3.8, 4) is 17.1 Å². The lowest BCUT2D eigenvalue weighted by molar-refractivity contribution is 0.0479. The Kier molecular flexibility index (Phi) is 5.43. The van der Waals surface area contributed by atoms with Crippen LogP contribution < -0.4 is 4.74 Å². The zero-order valence-corrected chi connectivity index (χ0v) is 15.7. The first kappa shape index (κ1) is 18.3. The van der Waals surface area contributed by atoms with Crippen LogP contribution in [0.2, 0.25) is 0 Å². The Balaban J connectivity index is 1.51. The van der Waals surface area contributed by atoms with Crippen molar-refractivity contribution in [3.05, 3.63) is 60.2 Å². The molecule has 1 atom stereocenters. The fraction of sp³-hybridized carbons (Fsp3) is 0.333. The minimum atomic E-state index is -0.186. The topological polar surface area (TPSA) is 77.9 Å². The van der Waals surface area contributed by atoms with E-state index in [1.165, 1.54) is 6.26 Å². The van der Waals surface area contributed by atoms with Crippen LogP contribution in [0.25, 0.3) is 11.3 Å². The van der Waals surface area contributed by atoms with Gasteiger partial charge in [-0.3, -0.25) is 4.79 Å². The molecule has 1 aliphatic rings. The number of nitrogens with zero attached hydrogens (tertiary/aromatic N) is 2. The molecule has 2 aromatic heterocycles. The maximum atomic E-state index is 12.8. The van der Waals surface area contributed by atoms with Gasteiger partial charge in [0.2, 0.25) is 0 Å². The predicted octanol–water partition coefficient (Wildman–Crippen LogP) is 3.76. The van der Waals surface area contributed by atoms with Crippen molar-refractivity contribution in [2.24, 2.45) is 0 Å². The molecule has 1 amide bonds. The first-order chi connectivity index (χ1) is 13.7. The van der Waals surface area contributed by atoms with Crippen molar-refractivity contribution >= 4 is 5.91 Å². The highest BCUT2D eigenvalue weighted by Gasteiger charge is 2.26. The van der Waals surface area contributed by atoms with Crippen molar-refractivity contribution in [2.75, 3.05) is 20.3 Å². The summed E-state index contributed by atoms with van der Waals surface area (Å²) in [6.07, 6.45) is 3.48. The summed E-state index contributed by atoms with van der Waals surface area (Å²) in [6.45, 7) is 1.54. The van der Waals surface area contributed by atoms with E-state index in [4.69, 9.17) is 18.4 Å². The van der Waals surface area contributed by atoms with Gasteiger partial charge in [-0.1, -0.05) is 5.16 Å². The Bertz CT molecular complexity index is 895. The van der Waals surface area contributed by atoms with E-state index in [2.05, 4.69) is 5.16 Å². The maximum Gasteiger partial charge on any atom is 0.289 e. The van der Waals surface area contributed by atoms with Gasteiger partial charge < -0.3 is 23.3 Å². The average molecular weight is 382 g/mol. The molecule has 0 unspecified atom stereocenters. The third-order valence-corrected chi connectivity index (χ3v) is 4.75. The number of furan rings is 1. The Morgan fingerprint density at radius 3 is 2.82 bits per heavy atom. The van der Waals surface area contributed by atoms with Crippen molar-refractivity contribution in [1.29, 1.82) is 0 Å². The first-order valence-electron chi connectivity index (χ1n) is 9.27. The number of hydrogen-bond donors (Lipinski definition) is 0. The summed E-state index contributed by atoms with van der Waals surface area (Å²) in [7, 11) is 1.63. The van der Waals surface area contributed by atoms with Crippen LogP contribution in [0.4, 0.5) is 0 Å². The highest BCUT2D eigenvalue weighted by atomic mass is 16.5. The minimum Gasteiger partial charge on any atom is -0.497 e. The third-order valence-electron chi connectivity index (χ3n) is 4.75. The molecule has 7 nitrogen and oxygen atoms in total. The number of rotatable bonds is 7. The number of hydrogen-bond acceptors (Lipinski definition) is 6. The van der Waals surface area contributed by atoms with Crippen LogP contribution in [-0.2, 0) is 11.3 Å². The Hall–Kier alpha value is -3.06. The van der Waals surface area contributed by atoms with Crippen molar-refractivity contribution in [2.45, 2.75) is 25.5 Å². The van der Waals surface area contributed by atoms with Gasteiger partial charge in [-0.2, -0.15) is 0 Å². The van der Waals surface area contributed by atoms with E-state index in [-0.39, 0.29) is 12.0 Å². The lowest BCUT2D eigenvalue weighted by Gasteiger charge is -2.23. The van der Waals surface area contributed by atoms with E-state index >= 15 is 0 Å². The average Bonchev–Trinajstić information content (AvgIpc) is 3.49. The molecule has 1 saturated heterocycles. The molecule has 0 radical (unpaired) electrons.